The van der Waals surface area contributed by atoms with Gasteiger partial charge in [-0.25, -0.2) is 9.82 Å². The highest BCUT2D eigenvalue weighted by atomic mass is 35.5. The molecular weight excluding hydrogens is 374 g/mol. The quantitative estimate of drug-likeness (QED) is 0.411. The molecule has 134 valence electrons. The van der Waals surface area contributed by atoms with Crippen molar-refractivity contribution in [1.29, 1.82) is 0 Å². The number of aromatic nitrogens is 1. The van der Waals surface area contributed by atoms with Crippen molar-refractivity contribution < 1.29 is 13.2 Å². The number of hydrogen-bond donors (Lipinski definition) is 1. The Hall–Kier alpha value is -2.64. The molecule has 0 unspecified atom stereocenters. The molecule has 3 aromatic rings. The molecule has 1 heterocycles. The Kier molecular flexibility index (Phi) is 5.11. The van der Waals surface area contributed by atoms with Crippen LogP contribution in [0, 0.1) is 6.92 Å². The van der Waals surface area contributed by atoms with Gasteiger partial charge in [0.25, 0.3) is 10.0 Å². The van der Waals surface area contributed by atoms with Crippen LogP contribution in [0.4, 0.5) is 0 Å². The number of hydrazone groups is 1. The zero-order valence-corrected chi connectivity index (χ0v) is 15.7. The highest BCUT2D eigenvalue weighted by Gasteiger charge is 2.12. The number of fused-ring (bicyclic) bond motifs is 1. The number of nitrogens with zero attached hydrogens (tertiary/aromatic N) is 2. The standard InChI is InChI=1S/C18H16ClN3O3S/c1-12-3-6-16(7-4-12)26(23,24)22-20-11-14-9-13-10-15(25-2)5-8-17(13)21-18(14)19/h3-11,22H,1-2H3/b20-11+. The zero-order valence-electron chi connectivity index (χ0n) is 14.1. The molecule has 1 aromatic heterocycles. The SMILES string of the molecule is COc1ccc2nc(Cl)c(/C=N/NS(=O)(=O)c3ccc(C)cc3)cc2c1. The van der Waals surface area contributed by atoms with Gasteiger partial charge in [-0.1, -0.05) is 29.3 Å². The number of halogens is 1. The van der Waals surface area contributed by atoms with E-state index in [4.69, 9.17) is 16.3 Å². The summed E-state index contributed by atoms with van der Waals surface area (Å²) in [5, 5.41) is 4.83. The highest BCUT2D eigenvalue weighted by molar-refractivity contribution is 7.89. The number of nitrogens with one attached hydrogen (secondary N) is 1. The van der Waals surface area contributed by atoms with Crippen LogP contribution in [0.3, 0.4) is 0 Å². The largest absolute Gasteiger partial charge is 0.497 e. The van der Waals surface area contributed by atoms with Crippen LogP contribution in [0.15, 0.2) is 58.5 Å². The van der Waals surface area contributed by atoms with Crippen molar-refractivity contribution in [3.05, 3.63) is 64.8 Å². The Balaban J connectivity index is 1.85. The third kappa shape index (κ3) is 3.95. The van der Waals surface area contributed by atoms with Gasteiger partial charge < -0.3 is 4.74 Å². The monoisotopic (exact) mass is 389 g/mol. The van der Waals surface area contributed by atoms with Gasteiger partial charge >= 0.3 is 0 Å². The Morgan fingerprint density at radius 2 is 1.88 bits per heavy atom. The van der Waals surface area contributed by atoms with E-state index in [1.165, 1.54) is 18.3 Å². The van der Waals surface area contributed by atoms with E-state index in [0.29, 0.717) is 16.8 Å². The number of aryl methyl sites for hydroxylation is 1. The number of sulfonamides is 1. The van der Waals surface area contributed by atoms with E-state index in [2.05, 4.69) is 14.9 Å². The number of rotatable bonds is 5. The molecule has 6 nitrogen and oxygen atoms in total. The predicted octanol–water partition coefficient (Wildman–Crippen LogP) is 3.52. The third-order valence-electron chi connectivity index (χ3n) is 3.71. The lowest BCUT2D eigenvalue weighted by molar-refractivity contribution is 0.415. The topological polar surface area (TPSA) is 80.7 Å². The smallest absolute Gasteiger partial charge is 0.276 e. The van der Waals surface area contributed by atoms with E-state index in [1.54, 1.807) is 37.4 Å². The normalized spacial score (nSPS) is 11.8. The Labute approximate surface area is 156 Å². The fourth-order valence-corrected chi connectivity index (χ4v) is 3.29. The van der Waals surface area contributed by atoms with Crippen LogP contribution in [0.2, 0.25) is 5.15 Å². The lowest BCUT2D eigenvalue weighted by Gasteiger charge is -2.05. The van der Waals surface area contributed by atoms with Gasteiger partial charge in [0.15, 0.2) is 0 Å². The van der Waals surface area contributed by atoms with Crippen molar-refractivity contribution in [3.8, 4) is 5.75 Å². The van der Waals surface area contributed by atoms with Crippen molar-refractivity contribution in [2.75, 3.05) is 7.11 Å². The first-order chi connectivity index (χ1) is 12.4. The molecule has 0 aliphatic rings. The molecule has 0 aliphatic carbocycles. The molecule has 0 saturated heterocycles. The van der Waals surface area contributed by atoms with Crippen LogP contribution in [0.1, 0.15) is 11.1 Å². The second-order valence-electron chi connectivity index (χ2n) is 5.59. The van der Waals surface area contributed by atoms with Gasteiger partial charge in [-0.2, -0.15) is 13.5 Å². The van der Waals surface area contributed by atoms with Crippen LogP contribution in [0.5, 0.6) is 5.75 Å². The predicted molar refractivity (Wildman–Crippen MR) is 102 cm³/mol. The number of ether oxygens (including phenoxy) is 1. The summed E-state index contributed by atoms with van der Waals surface area (Å²) in [7, 11) is -2.17. The molecule has 1 N–H and O–H groups in total. The minimum absolute atomic E-state index is 0.132. The van der Waals surface area contributed by atoms with Crippen LogP contribution >= 0.6 is 11.6 Å². The van der Waals surface area contributed by atoms with E-state index < -0.39 is 10.0 Å². The molecule has 0 atom stereocenters. The maximum absolute atomic E-state index is 12.2. The summed E-state index contributed by atoms with van der Waals surface area (Å²) in [5.41, 5.74) is 2.16. The van der Waals surface area contributed by atoms with Crippen molar-refractivity contribution >= 4 is 38.7 Å². The molecule has 3 rings (SSSR count). The fraction of sp³-hybridized carbons (Fsp3) is 0.111. The summed E-state index contributed by atoms with van der Waals surface area (Å²) in [6, 6.07) is 13.6. The molecule has 0 fully saturated rings. The number of pyridine rings is 1. The van der Waals surface area contributed by atoms with E-state index in [-0.39, 0.29) is 10.0 Å². The summed E-state index contributed by atoms with van der Waals surface area (Å²) in [6.45, 7) is 1.88. The third-order valence-corrected chi connectivity index (χ3v) is 5.25. The first kappa shape index (κ1) is 18.2. The zero-order chi connectivity index (χ0) is 18.7. The number of benzene rings is 2. The summed E-state index contributed by atoms with van der Waals surface area (Å²) in [5.74, 6) is 0.685. The van der Waals surface area contributed by atoms with E-state index in [9.17, 15) is 8.42 Å². The summed E-state index contributed by atoms with van der Waals surface area (Å²) in [6.07, 6.45) is 1.32. The number of methoxy groups -OCH3 is 1. The average Bonchev–Trinajstić information content (AvgIpc) is 2.62. The molecule has 0 spiro atoms. The van der Waals surface area contributed by atoms with Crippen molar-refractivity contribution in [2.45, 2.75) is 11.8 Å². The lowest BCUT2D eigenvalue weighted by atomic mass is 10.1. The van der Waals surface area contributed by atoms with Crippen LogP contribution in [0.25, 0.3) is 10.9 Å². The Morgan fingerprint density at radius 1 is 1.15 bits per heavy atom. The molecular formula is C18H16ClN3O3S. The number of hydrogen-bond acceptors (Lipinski definition) is 5. The molecule has 26 heavy (non-hydrogen) atoms. The second-order valence-corrected chi connectivity index (χ2v) is 7.61. The van der Waals surface area contributed by atoms with Gasteiger partial charge in [-0.05, 0) is 43.3 Å². The van der Waals surface area contributed by atoms with Crippen LogP contribution in [-0.4, -0.2) is 26.7 Å². The molecule has 0 radical (unpaired) electrons. The first-order valence-electron chi connectivity index (χ1n) is 7.65. The fourth-order valence-electron chi connectivity index (χ4n) is 2.30. The summed E-state index contributed by atoms with van der Waals surface area (Å²) >= 11 is 6.15. The minimum Gasteiger partial charge on any atom is -0.497 e. The Bertz CT molecular complexity index is 1080. The second kappa shape index (κ2) is 7.31. The van der Waals surface area contributed by atoms with Gasteiger partial charge in [0.05, 0.1) is 23.7 Å². The maximum atomic E-state index is 12.2. The van der Waals surface area contributed by atoms with Crippen molar-refractivity contribution in [1.82, 2.24) is 9.82 Å². The lowest BCUT2D eigenvalue weighted by Crippen LogP contribution is -2.18. The minimum atomic E-state index is -3.74. The van der Waals surface area contributed by atoms with Gasteiger partial charge in [-0.15, -0.1) is 0 Å². The first-order valence-corrected chi connectivity index (χ1v) is 9.51. The molecule has 2 aromatic carbocycles. The average molecular weight is 390 g/mol. The van der Waals surface area contributed by atoms with Crippen molar-refractivity contribution in [2.24, 2.45) is 5.10 Å². The molecule has 0 saturated carbocycles. The van der Waals surface area contributed by atoms with Gasteiger partial charge in [0.2, 0.25) is 0 Å². The highest BCUT2D eigenvalue weighted by Crippen LogP contribution is 2.23. The van der Waals surface area contributed by atoms with E-state index >= 15 is 0 Å². The van der Waals surface area contributed by atoms with Gasteiger partial charge in [0, 0.05) is 10.9 Å². The summed E-state index contributed by atoms with van der Waals surface area (Å²) in [4.78, 5) is 6.58. The molecule has 0 aliphatic heterocycles. The van der Waals surface area contributed by atoms with Crippen molar-refractivity contribution in [3.63, 3.8) is 0 Å². The summed E-state index contributed by atoms with van der Waals surface area (Å²) < 4.78 is 29.6. The molecule has 0 bridgehead atoms. The van der Waals surface area contributed by atoms with Gasteiger partial charge in [-0.3, -0.25) is 0 Å². The molecule has 8 heteroatoms. The molecule has 0 amide bonds. The van der Waals surface area contributed by atoms with Gasteiger partial charge in [0.1, 0.15) is 10.9 Å². The van der Waals surface area contributed by atoms with E-state index in [0.717, 1.165) is 10.9 Å². The maximum Gasteiger partial charge on any atom is 0.276 e. The van der Waals surface area contributed by atoms with Crippen LogP contribution < -0.4 is 9.57 Å². The van der Waals surface area contributed by atoms with Crippen LogP contribution in [-0.2, 0) is 10.0 Å². The van der Waals surface area contributed by atoms with E-state index in [1.807, 2.05) is 13.0 Å². The Morgan fingerprint density at radius 3 is 2.58 bits per heavy atom.